The normalized spacial score (nSPS) is 26.1. The summed E-state index contributed by atoms with van der Waals surface area (Å²) >= 11 is 0. The molecule has 6 heteroatoms. The van der Waals surface area contributed by atoms with Gasteiger partial charge in [-0.2, -0.15) is 0 Å². The molecule has 0 spiro atoms. The molecule has 2 rings (SSSR count). The summed E-state index contributed by atoms with van der Waals surface area (Å²) in [5.74, 6) is -1.28. The molecule has 0 bridgehead atoms. The van der Waals surface area contributed by atoms with E-state index in [1.165, 1.54) is 0 Å². The third kappa shape index (κ3) is 4.43. The molecule has 0 aromatic rings. The third-order valence-corrected chi connectivity index (χ3v) is 4.65. The summed E-state index contributed by atoms with van der Waals surface area (Å²) in [5, 5.41) is 12.3. The second-order valence-corrected chi connectivity index (χ2v) is 6.40. The number of carboxylic acid groups (broad SMARTS) is 1. The van der Waals surface area contributed by atoms with Crippen molar-refractivity contribution in [2.45, 2.75) is 76.0 Å². The molecule has 1 aliphatic heterocycles. The van der Waals surface area contributed by atoms with Gasteiger partial charge in [-0.05, 0) is 32.6 Å². The number of nitrogens with one attached hydrogen (secondary N) is 1. The van der Waals surface area contributed by atoms with E-state index in [4.69, 9.17) is 9.47 Å². The van der Waals surface area contributed by atoms with E-state index in [2.05, 4.69) is 5.32 Å². The van der Waals surface area contributed by atoms with Gasteiger partial charge in [-0.15, -0.1) is 0 Å². The van der Waals surface area contributed by atoms with E-state index >= 15 is 0 Å². The van der Waals surface area contributed by atoms with Crippen molar-refractivity contribution < 1.29 is 24.2 Å². The zero-order valence-corrected chi connectivity index (χ0v) is 13.3. The summed E-state index contributed by atoms with van der Waals surface area (Å²) in [6.45, 7) is 2.79. The fourth-order valence-corrected chi connectivity index (χ4v) is 3.17. The van der Waals surface area contributed by atoms with Crippen LogP contribution in [0.3, 0.4) is 0 Å². The van der Waals surface area contributed by atoms with Crippen LogP contribution in [0.5, 0.6) is 0 Å². The van der Waals surface area contributed by atoms with Crippen molar-refractivity contribution in [3.8, 4) is 0 Å². The molecule has 2 fully saturated rings. The van der Waals surface area contributed by atoms with E-state index in [0.29, 0.717) is 19.4 Å². The second kappa shape index (κ2) is 7.92. The van der Waals surface area contributed by atoms with Crippen molar-refractivity contribution in [3.63, 3.8) is 0 Å². The Morgan fingerprint density at radius 3 is 2.50 bits per heavy atom. The molecule has 1 saturated carbocycles. The van der Waals surface area contributed by atoms with Gasteiger partial charge in [-0.3, -0.25) is 4.79 Å². The molecule has 2 N–H and O–H groups in total. The van der Waals surface area contributed by atoms with Crippen LogP contribution in [-0.2, 0) is 19.1 Å². The maximum Gasteiger partial charge on any atom is 0.329 e. The first-order valence-electron chi connectivity index (χ1n) is 8.32. The number of carbonyl (C=O) groups excluding carboxylic acids is 1. The van der Waals surface area contributed by atoms with E-state index in [0.717, 1.165) is 45.1 Å². The standard InChI is InChI=1S/C16H27NO5/c1-12(22-11-13-7-6-10-21-13)14(18)17-16(15(19)20)8-4-2-3-5-9-16/h12-13H,2-11H2,1H3,(H,17,18)(H,19,20). The van der Waals surface area contributed by atoms with Gasteiger partial charge in [0.25, 0.3) is 0 Å². The molecule has 0 radical (unpaired) electrons. The molecule has 1 amide bonds. The number of hydrogen-bond acceptors (Lipinski definition) is 4. The average molecular weight is 313 g/mol. The Morgan fingerprint density at radius 2 is 1.95 bits per heavy atom. The number of ether oxygens (including phenoxy) is 2. The van der Waals surface area contributed by atoms with Crippen molar-refractivity contribution in [2.75, 3.05) is 13.2 Å². The van der Waals surface area contributed by atoms with Crippen LogP contribution in [0.1, 0.15) is 58.3 Å². The number of carbonyl (C=O) groups is 2. The maximum absolute atomic E-state index is 12.3. The molecule has 1 saturated heterocycles. The summed E-state index contributed by atoms with van der Waals surface area (Å²) in [6, 6.07) is 0. The Labute approximate surface area is 131 Å². The van der Waals surface area contributed by atoms with E-state index in [1.807, 2.05) is 0 Å². The van der Waals surface area contributed by atoms with E-state index < -0.39 is 17.6 Å². The largest absolute Gasteiger partial charge is 0.480 e. The Hall–Kier alpha value is -1.14. The molecule has 2 aliphatic rings. The topological polar surface area (TPSA) is 84.9 Å². The molecular formula is C16H27NO5. The molecule has 0 aromatic carbocycles. The van der Waals surface area contributed by atoms with Crippen LogP contribution < -0.4 is 5.32 Å². The summed E-state index contributed by atoms with van der Waals surface area (Å²) in [5.41, 5.74) is -1.13. The summed E-state index contributed by atoms with van der Waals surface area (Å²) in [6.07, 6.45) is 6.06. The van der Waals surface area contributed by atoms with Gasteiger partial charge in [0.15, 0.2) is 0 Å². The summed E-state index contributed by atoms with van der Waals surface area (Å²) in [7, 11) is 0. The van der Waals surface area contributed by atoms with Crippen LogP contribution in [0.2, 0.25) is 0 Å². The molecule has 2 unspecified atom stereocenters. The van der Waals surface area contributed by atoms with Gasteiger partial charge in [-0.1, -0.05) is 25.7 Å². The SMILES string of the molecule is CC(OCC1CCCO1)C(=O)NC1(C(=O)O)CCCCCC1. The summed E-state index contributed by atoms with van der Waals surface area (Å²) in [4.78, 5) is 24.0. The van der Waals surface area contributed by atoms with Gasteiger partial charge in [0, 0.05) is 6.61 Å². The van der Waals surface area contributed by atoms with Gasteiger partial charge in [-0.25, -0.2) is 4.79 Å². The van der Waals surface area contributed by atoms with Gasteiger partial charge in [0.05, 0.1) is 12.7 Å². The lowest BCUT2D eigenvalue weighted by Crippen LogP contribution is -2.56. The number of hydrogen-bond donors (Lipinski definition) is 2. The average Bonchev–Trinajstić information content (AvgIpc) is 2.90. The number of rotatable bonds is 6. The fourth-order valence-electron chi connectivity index (χ4n) is 3.17. The first-order valence-corrected chi connectivity index (χ1v) is 8.32. The minimum Gasteiger partial charge on any atom is -0.480 e. The van der Waals surface area contributed by atoms with Gasteiger partial charge in [0.2, 0.25) is 5.91 Å². The molecular weight excluding hydrogens is 286 g/mol. The highest BCUT2D eigenvalue weighted by Gasteiger charge is 2.41. The van der Waals surface area contributed by atoms with Gasteiger partial charge < -0.3 is 19.9 Å². The number of amides is 1. The van der Waals surface area contributed by atoms with E-state index in [-0.39, 0.29) is 12.0 Å². The van der Waals surface area contributed by atoms with Crippen LogP contribution in [0.15, 0.2) is 0 Å². The quantitative estimate of drug-likeness (QED) is 0.731. The van der Waals surface area contributed by atoms with Gasteiger partial charge in [0.1, 0.15) is 11.6 Å². The Bertz CT molecular complexity index is 384. The molecule has 2 atom stereocenters. The molecule has 0 aromatic heterocycles. The van der Waals surface area contributed by atoms with Crippen molar-refractivity contribution in [1.82, 2.24) is 5.32 Å². The van der Waals surface area contributed by atoms with Gasteiger partial charge >= 0.3 is 5.97 Å². The fraction of sp³-hybridized carbons (Fsp3) is 0.875. The number of aliphatic carboxylic acids is 1. The van der Waals surface area contributed by atoms with Crippen LogP contribution >= 0.6 is 0 Å². The highest BCUT2D eigenvalue weighted by Crippen LogP contribution is 2.27. The van der Waals surface area contributed by atoms with Crippen LogP contribution in [0, 0.1) is 0 Å². The molecule has 6 nitrogen and oxygen atoms in total. The zero-order valence-electron chi connectivity index (χ0n) is 13.3. The molecule has 1 heterocycles. The van der Waals surface area contributed by atoms with Crippen molar-refractivity contribution in [2.24, 2.45) is 0 Å². The first kappa shape index (κ1) is 17.2. The lowest BCUT2D eigenvalue weighted by molar-refractivity contribution is -0.151. The van der Waals surface area contributed by atoms with Crippen molar-refractivity contribution in [1.29, 1.82) is 0 Å². The van der Waals surface area contributed by atoms with E-state index in [9.17, 15) is 14.7 Å². The van der Waals surface area contributed by atoms with Crippen molar-refractivity contribution >= 4 is 11.9 Å². The maximum atomic E-state index is 12.3. The lowest BCUT2D eigenvalue weighted by atomic mass is 9.90. The van der Waals surface area contributed by atoms with Crippen molar-refractivity contribution in [3.05, 3.63) is 0 Å². The monoisotopic (exact) mass is 313 g/mol. The van der Waals surface area contributed by atoms with Crippen LogP contribution in [0.25, 0.3) is 0 Å². The zero-order chi connectivity index (χ0) is 16.0. The highest BCUT2D eigenvalue weighted by molar-refractivity contribution is 5.89. The molecule has 22 heavy (non-hydrogen) atoms. The first-order chi connectivity index (χ1) is 10.5. The predicted molar refractivity (Wildman–Crippen MR) is 80.6 cm³/mol. The smallest absolute Gasteiger partial charge is 0.329 e. The highest BCUT2D eigenvalue weighted by atomic mass is 16.5. The Morgan fingerprint density at radius 1 is 1.27 bits per heavy atom. The Kier molecular flexibility index (Phi) is 6.20. The van der Waals surface area contributed by atoms with Crippen LogP contribution in [0.4, 0.5) is 0 Å². The van der Waals surface area contributed by atoms with E-state index in [1.54, 1.807) is 6.92 Å². The molecule has 126 valence electrons. The minimum atomic E-state index is -1.13. The number of carboxylic acids is 1. The molecule has 1 aliphatic carbocycles. The second-order valence-electron chi connectivity index (χ2n) is 6.40. The lowest BCUT2D eigenvalue weighted by Gasteiger charge is -2.30. The summed E-state index contributed by atoms with van der Waals surface area (Å²) < 4.78 is 11.0. The Balaban J connectivity index is 1.87. The predicted octanol–water partition coefficient (Wildman–Crippen LogP) is 1.86. The minimum absolute atomic E-state index is 0.0570. The third-order valence-electron chi connectivity index (χ3n) is 4.65. The van der Waals surface area contributed by atoms with Crippen LogP contribution in [-0.4, -0.2) is 47.9 Å².